The number of hydrogen-bond acceptors (Lipinski definition) is 5. The molecule has 2 amide bonds. The topological polar surface area (TPSA) is 80.1 Å². The standard InChI is InChI=1S/C20H18BrN5O2S/c1-25-12-22-24-20(25)29-17-8-4-15(5-9-17)23-19(28)13-10-18(27)26(11-13)16-6-2-14(21)3-7-16/h2-9,12-13H,10-11H2,1H3,(H,23,28). The molecule has 1 N–H and O–H groups in total. The second-order valence-electron chi connectivity index (χ2n) is 6.72. The molecular formula is C20H18BrN5O2S. The number of anilines is 2. The number of hydrogen-bond donors (Lipinski definition) is 1. The number of aryl methyl sites for hydroxylation is 1. The zero-order chi connectivity index (χ0) is 20.4. The van der Waals surface area contributed by atoms with Crippen molar-refractivity contribution in [1.29, 1.82) is 0 Å². The number of carbonyl (C=O) groups is 2. The summed E-state index contributed by atoms with van der Waals surface area (Å²) in [4.78, 5) is 27.7. The van der Waals surface area contributed by atoms with Crippen molar-refractivity contribution in [3.8, 4) is 0 Å². The zero-order valence-electron chi connectivity index (χ0n) is 15.6. The molecule has 2 aromatic carbocycles. The van der Waals surface area contributed by atoms with Gasteiger partial charge in [0.25, 0.3) is 0 Å². The van der Waals surface area contributed by atoms with E-state index in [2.05, 4.69) is 31.4 Å². The van der Waals surface area contributed by atoms with Gasteiger partial charge in [0.15, 0.2) is 5.16 Å². The van der Waals surface area contributed by atoms with Crippen molar-refractivity contribution < 1.29 is 9.59 Å². The Balaban J connectivity index is 1.37. The lowest BCUT2D eigenvalue weighted by Gasteiger charge is -2.17. The first-order chi connectivity index (χ1) is 14.0. The van der Waals surface area contributed by atoms with Gasteiger partial charge in [0.2, 0.25) is 11.8 Å². The second-order valence-corrected chi connectivity index (χ2v) is 8.68. The number of nitrogens with one attached hydrogen (secondary N) is 1. The van der Waals surface area contributed by atoms with Gasteiger partial charge in [-0.3, -0.25) is 9.59 Å². The van der Waals surface area contributed by atoms with Gasteiger partial charge in [0.05, 0.1) is 5.92 Å². The summed E-state index contributed by atoms with van der Waals surface area (Å²) < 4.78 is 2.79. The first kappa shape index (κ1) is 19.7. The van der Waals surface area contributed by atoms with Crippen LogP contribution in [-0.4, -0.2) is 33.1 Å². The van der Waals surface area contributed by atoms with Crippen molar-refractivity contribution in [3.63, 3.8) is 0 Å². The Kier molecular flexibility index (Phi) is 5.68. The highest BCUT2D eigenvalue weighted by molar-refractivity contribution is 9.10. The first-order valence-electron chi connectivity index (χ1n) is 8.98. The predicted molar refractivity (Wildman–Crippen MR) is 115 cm³/mol. The number of carbonyl (C=O) groups excluding carboxylic acids is 2. The van der Waals surface area contributed by atoms with E-state index in [1.54, 1.807) is 11.2 Å². The molecule has 0 bridgehead atoms. The maximum absolute atomic E-state index is 12.7. The van der Waals surface area contributed by atoms with E-state index in [1.165, 1.54) is 11.8 Å². The second kappa shape index (κ2) is 8.38. The minimum atomic E-state index is -0.376. The molecule has 2 heterocycles. The number of aromatic nitrogens is 3. The van der Waals surface area contributed by atoms with E-state index < -0.39 is 0 Å². The molecule has 0 radical (unpaired) electrons. The maximum Gasteiger partial charge on any atom is 0.229 e. The molecule has 1 unspecified atom stereocenters. The van der Waals surface area contributed by atoms with Gasteiger partial charge in [-0.25, -0.2) is 0 Å². The van der Waals surface area contributed by atoms with Gasteiger partial charge >= 0.3 is 0 Å². The van der Waals surface area contributed by atoms with Gasteiger partial charge < -0.3 is 14.8 Å². The number of rotatable bonds is 5. The molecule has 0 spiro atoms. The molecule has 1 aliphatic rings. The minimum Gasteiger partial charge on any atom is -0.326 e. The third-order valence-corrected chi connectivity index (χ3v) is 6.22. The lowest BCUT2D eigenvalue weighted by Crippen LogP contribution is -2.28. The van der Waals surface area contributed by atoms with E-state index in [0.717, 1.165) is 20.2 Å². The molecule has 9 heteroatoms. The summed E-state index contributed by atoms with van der Waals surface area (Å²) in [5.74, 6) is -0.562. The molecule has 1 saturated heterocycles. The van der Waals surface area contributed by atoms with Crippen LogP contribution in [0.3, 0.4) is 0 Å². The molecule has 1 aromatic heterocycles. The normalized spacial score (nSPS) is 16.3. The Morgan fingerprint density at radius 3 is 2.55 bits per heavy atom. The molecule has 148 valence electrons. The third-order valence-electron chi connectivity index (χ3n) is 4.63. The summed E-state index contributed by atoms with van der Waals surface area (Å²) in [6, 6.07) is 15.0. The SMILES string of the molecule is Cn1cnnc1Sc1ccc(NC(=O)C2CC(=O)N(c3ccc(Br)cc3)C2)cc1. The monoisotopic (exact) mass is 471 g/mol. The fourth-order valence-corrected chi connectivity index (χ4v) is 4.10. The van der Waals surface area contributed by atoms with E-state index in [9.17, 15) is 9.59 Å². The average Bonchev–Trinajstić information content (AvgIpc) is 3.30. The van der Waals surface area contributed by atoms with Gasteiger partial charge in [0, 0.05) is 40.8 Å². The van der Waals surface area contributed by atoms with Crippen molar-refractivity contribution in [1.82, 2.24) is 14.8 Å². The summed E-state index contributed by atoms with van der Waals surface area (Å²) >= 11 is 4.88. The van der Waals surface area contributed by atoms with Crippen LogP contribution in [0, 0.1) is 5.92 Å². The van der Waals surface area contributed by atoms with E-state index in [1.807, 2.05) is 60.1 Å². The van der Waals surface area contributed by atoms with E-state index >= 15 is 0 Å². The smallest absolute Gasteiger partial charge is 0.229 e. The summed E-state index contributed by atoms with van der Waals surface area (Å²) in [5.41, 5.74) is 1.51. The Morgan fingerprint density at radius 1 is 1.17 bits per heavy atom. The molecule has 4 rings (SSSR count). The van der Waals surface area contributed by atoms with Crippen LogP contribution >= 0.6 is 27.7 Å². The van der Waals surface area contributed by atoms with Crippen LogP contribution in [0.4, 0.5) is 11.4 Å². The number of nitrogens with zero attached hydrogens (tertiary/aromatic N) is 4. The van der Waals surface area contributed by atoms with Crippen molar-refractivity contribution in [2.75, 3.05) is 16.8 Å². The molecule has 3 aromatic rings. The van der Waals surface area contributed by atoms with Crippen LogP contribution < -0.4 is 10.2 Å². The third kappa shape index (κ3) is 4.51. The van der Waals surface area contributed by atoms with Crippen LogP contribution in [-0.2, 0) is 16.6 Å². The largest absolute Gasteiger partial charge is 0.326 e. The fraction of sp³-hybridized carbons (Fsp3) is 0.200. The van der Waals surface area contributed by atoms with E-state index in [4.69, 9.17) is 0 Å². The van der Waals surface area contributed by atoms with Crippen LogP contribution in [0.1, 0.15) is 6.42 Å². The Hall–Kier alpha value is -2.65. The molecule has 1 fully saturated rings. The van der Waals surface area contributed by atoms with Crippen molar-refractivity contribution >= 4 is 50.9 Å². The fourth-order valence-electron chi connectivity index (χ4n) is 3.07. The Bertz CT molecular complexity index is 1040. The summed E-state index contributed by atoms with van der Waals surface area (Å²) in [6.45, 7) is 0.381. The van der Waals surface area contributed by atoms with Gasteiger partial charge in [0.1, 0.15) is 6.33 Å². The molecule has 0 aliphatic carbocycles. The highest BCUT2D eigenvalue weighted by atomic mass is 79.9. The zero-order valence-corrected chi connectivity index (χ0v) is 18.0. The minimum absolute atomic E-state index is 0.0390. The van der Waals surface area contributed by atoms with E-state index in [0.29, 0.717) is 12.2 Å². The number of benzene rings is 2. The van der Waals surface area contributed by atoms with Crippen molar-refractivity contribution in [3.05, 3.63) is 59.3 Å². The van der Waals surface area contributed by atoms with Crippen LogP contribution in [0.5, 0.6) is 0 Å². The first-order valence-corrected chi connectivity index (χ1v) is 10.6. The van der Waals surface area contributed by atoms with Crippen molar-refractivity contribution in [2.45, 2.75) is 16.5 Å². The summed E-state index contributed by atoms with van der Waals surface area (Å²) in [5, 5.41) is 11.6. The highest BCUT2D eigenvalue weighted by Gasteiger charge is 2.35. The quantitative estimate of drug-likeness (QED) is 0.613. The van der Waals surface area contributed by atoms with Gasteiger partial charge in [-0.05, 0) is 60.3 Å². The van der Waals surface area contributed by atoms with Crippen molar-refractivity contribution in [2.24, 2.45) is 13.0 Å². The Morgan fingerprint density at radius 2 is 1.90 bits per heavy atom. The highest BCUT2D eigenvalue weighted by Crippen LogP contribution is 2.29. The Labute approximate surface area is 180 Å². The van der Waals surface area contributed by atoms with Crippen LogP contribution in [0.15, 0.2) is 69.4 Å². The molecule has 7 nitrogen and oxygen atoms in total. The summed E-state index contributed by atoms with van der Waals surface area (Å²) in [7, 11) is 1.89. The molecule has 1 aliphatic heterocycles. The maximum atomic E-state index is 12.7. The summed E-state index contributed by atoms with van der Waals surface area (Å²) in [6.07, 6.45) is 1.86. The molecule has 1 atom stereocenters. The number of amides is 2. The van der Waals surface area contributed by atoms with Gasteiger partial charge in [-0.1, -0.05) is 15.9 Å². The number of halogens is 1. The lowest BCUT2D eigenvalue weighted by atomic mass is 10.1. The molecule has 0 saturated carbocycles. The van der Waals surface area contributed by atoms with Gasteiger partial charge in [-0.15, -0.1) is 10.2 Å². The molecular weight excluding hydrogens is 454 g/mol. The van der Waals surface area contributed by atoms with Crippen LogP contribution in [0.25, 0.3) is 0 Å². The van der Waals surface area contributed by atoms with E-state index in [-0.39, 0.29) is 24.2 Å². The average molecular weight is 472 g/mol. The lowest BCUT2D eigenvalue weighted by molar-refractivity contribution is -0.122. The predicted octanol–water partition coefficient (Wildman–Crippen LogP) is 3.72. The molecule has 29 heavy (non-hydrogen) atoms. The van der Waals surface area contributed by atoms with Crippen LogP contribution in [0.2, 0.25) is 0 Å². The van der Waals surface area contributed by atoms with Gasteiger partial charge in [-0.2, -0.15) is 0 Å².